The van der Waals surface area contributed by atoms with Gasteiger partial charge in [0.2, 0.25) is 0 Å². The SMILES string of the molecule is CC(CC(=O)OC(=O)C(C)(C)C)c1ccc(F)cc1. The number of carbonyl (C=O) groups excluding carboxylic acids is 2. The third-order valence-electron chi connectivity index (χ3n) is 2.73. The van der Waals surface area contributed by atoms with Crippen molar-refractivity contribution >= 4 is 11.9 Å². The highest BCUT2D eigenvalue weighted by Gasteiger charge is 2.26. The lowest BCUT2D eigenvalue weighted by Crippen LogP contribution is -2.26. The molecule has 0 spiro atoms. The monoisotopic (exact) mass is 266 g/mol. The summed E-state index contributed by atoms with van der Waals surface area (Å²) in [6.45, 7) is 6.89. The van der Waals surface area contributed by atoms with Gasteiger partial charge in [-0.05, 0) is 44.4 Å². The Labute approximate surface area is 112 Å². The lowest BCUT2D eigenvalue weighted by atomic mass is 9.96. The normalized spacial score (nSPS) is 12.9. The number of esters is 2. The molecule has 0 aliphatic heterocycles. The summed E-state index contributed by atoms with van der Waals surface area (Å²) in [5.74, 6) is -1.54. The van der Waals surface area contributed by atoms with Crippen LogP contribution in [0.1, 0.15) is 45.6 Å². The van der Waals surface area contributed by atoms with E-state index in [4.69, 9.17) is 4.74 Å². The van der Waals surface area contributed by atoms with Gasteiger partial charge in [0.05, 0.1) is 11.8 Å². The van der Waals surface area contributed by atoms with Gasteiger partial charge in [-0.3, -0.25) is 9.59 Å². The fourth-order valence-corrected chi connectivity index (χ4v) is 1.46. The van der Waals surface area contributed by atoms with Gasteiger partial charge < -0.3 is 4.74 Å². The van der Waals surface area contributed by atoms with Gasteiger partial charge in [0, 0.05) is 0 Å². The molecule has 1 unspecified atom stereocenters. The molecule has 0 saturated carbocycles. The van der Waals surface area contributed by atoms with E-state index in [0.29, 0.717) is 0 Å². The van der Waals surface area contributed by atoms with Crippen LogP contribution < -0.4 is 0 Å². The molecule has 0 amide bonds. The van der Waals surface area contributed by atoms with Crippen LogP contribution in [0.25, 0.3) is 0 Å². The Balaban J connectivity index is 2.57. The minimum Gasteiger partial charge on any atom is -0.393 e. The van der Waals surface area contributed by atoms with Crippen LogP contribution in [0.2, 0.25) is 0 Å². The Morgan fingerprint density at radius 1 is 1.21 bits per heavy atom. The Morgan fingerprint density at radius 2 is 1.74 bits per heavy atom. The highest BCUT2D eigenvalue weighted by molar-refractivity contribution is 5.88. The van der Waals surface area contributed by atoms with Crippen LogP contribution in [0.15, 0.2) is 24.3 Å². The molecule has 0 aliphatic rings. The summed E-state index contributed by atoms with van der Waals surface area (Å²) in [6.07, 6.45) is 0.0907. The fourth-order valence-electron chi connectivity index (χ4n) is 1.46. The van der Waals surface area contributed by atoms with Crippen LogP contribution in [0.5, 0.6) is 0 Å². The minimum atomic E-state index is -0.700. The van der Waals surface area contributed by atoms with Crippen molar-refractivity contribution in [3.8, 4) is 0 Å². The second-order valence-electron chi connectivity index (χ2n) is 5.67. The molecular weight excluding hydrogens is 247 g/mol. The average molecular weight is 266 g/mol. The zero-order valence-corrected chi connectivity index (χ0v) is 11.7. The second-order valence-corrected chi connectivity index (χ2v) is 5.67. The van der Waals surface area contributed by atoms with E-state index < -0.39 is 17.4 Å². The molecule has 19 heavy (non-hydrogen) atoms. The second kappa shape index (κ2) is 5.95. The minimum absolute atomic E-state index is 0.0907. The molecule has 0 heterocycles. The highest BCUT2D eigenvalue weighted by Crippen LogP contribution is 2.21. The molecule has 1 rings (SSSR count). The smallest absolute Gasteiger partial charge is 0.318 e. The number of rotatable bonds is 3. The van der Waals surface area contributed by atoms with Crippen molar-refractivity contribution in [2.75, 3.05) is 0 Å². The molecule has 1 aromatic rings. The van der Waals surface area contributed by atoms with Gasteiger partial charge in [-0.15, -0.1) is 0 Å². The maximum absolute atomic E-state index is 12.8. The zero-order chi connectivity index (χ0) is 14.6. The van der Waals surface area contributed by atoms with Crippen LogP contribution >= 0.6 is 0 Å². The summed E-state index contributed by atoms with van der Waals surface area (Å²) < 4.78 is 17.6. The van der Waals surface area contributed by atoms with Crippen molar-refractivity contribution in [1.29, 1.82) is 0 Å². The van der Waals surface area contributed by atoms with Gasteiger partial charge >= 0.3 is 11.9 Å². The van der Waals surface area contributed by atoms with Crippen molar-refractivity contribution in [2.45, 2.75) is 40.0 Å². The first-order valence-corrected chi connectivity index (χ1v) is 6.20. The number of hydrogen-bond donors (Lipinski definition) is 0. The maximum Gasteiger partial charge on any atom is 0.318 e. The standard InChI is InChI=1S/C15H19FO3/c1-10(11-5-7-12(16)8-6-11)9-13(17)19-14(18)15(2,3)4/h5-8,10H,9H2,1-4H3. The van der Waals surface area contributed by atoms with E-state index in [0.717, 1.165) is 5.56 Å². The predicted molar refractivity (Wildman–Crippen MR) is 70.0 cm³/mol. The molecule has 0 aliphatic carbocycles. The van der Waals surface area contributed by atoms with E-state index in [9.17, 15) is 14.0 Å². The summed E-state index contributed by atoms with van der Waals surface area (Å²) in [4.78, 5) is 23.2. The Kier molecular flexibility index (Phi) is 4.81. The molecule has 4 heteroatoms. The molecule has 1 atom stereocenters. The molecular formula is C15H19FO3. The molecule has 0 N–H and O–H groups in total. The Morgan fingerprint density at radius 3 is 2.21 bits per heavy atom. The molecule has 0 aromatic heterocycles. The summed E-state index contributed by atoms with van der Waals surface area (Å²) >= 11 is 0. The molecule has 1 aromatic carbocycles. The van der Waals surface area contributed by atoms with E-state index in [1.807, 2.05) is 6.92 Å². The van der Waals surface area contributed by atoms with Gasteiger partial charge in [-0.25, -0.2) is 4.39 Å². The Bertz CT molecular complexity index is 457. The average Bonchev–Trinajstić information content (AvgIpc) is 2.28. The topological polar surface area (TPSA) is 43.4 Å². The van der Waals surface area contributed by atoms with Crippen molar-refractivity contribution < 1.29 is 18.7 Å². The van der Waals surface area contributed by atoms with Crippen molar-refractivity contribution in [2.24, 2.45) is 5.41 Å². The third-order valence-corrected chi connectivity index (χ3v) is 2.73. The number of benzene rings is 1. The van der Waals surface area contributed by atoms with Gasteiger partial charge in [-0.1, -0.05) is 19.1 Å². The van der Waals surface area contributed by atoms with Gasteiger partial charge in [0.25, 0.3) is 0 Å². The molecule has 0 saturated heterocycles. The number of hydrogen-bond acceptors (Lipinski definition) is 3. The number of halogens is 1. The van der Waals surface area contributed by atoms with E-state index in [1.54, 1.807) is 32.9 Å². The fraction of sp³-hybridized carbons (Fsp3) is 0.467. The van der Waals surface area contributed by atoms with Gasteiger partial charge in [0.1, 0.15) is 5.82 Å². The van der Waals surface area contributed by atoms with Crippen molar-refractivity contribution in [3.63, 3.8) is 0 Å². The van der Waals surface area contributed by atoms with Crippen LogP contribution in [0.3, 0.4) is 0 Å². The predicted octanol–water partition coefficient (Wildman–Crippen LogP) is 3.44. The summed E-state index contributed by atoms with van der Waals surface area (Å²) in [5.41, 5.74) is 0.135. The Hall–Kier alpha value is -1.71. The van der Waals surface area contributed by atoms with E-state index in [1.165, 1.54) is 12.1 Å². The quantitative estimate of drug-likeness (QED) is 0.621. The van der Waals surface area contributed by atoms with Crippen LogP contribution in [0, 0.1) is 11.2 Å². The highest BCUT2D eigenvalue weighted by atomic mass is 19.1. The number of carbonyl (C=O) groups is 2. The lowest BCUT2D eigenvalue weighted by molar-refractivity contribution is -0.165. The first-order valence-electron chi connectivity index (χ1n) is 6.20. The lowest BCUT2D eigenvalue weighted by Gasteiger charge is -2.16. The molecule has 104 valence electrons. The van der Waals surface area contributed by atoms with E-state index >= 15 is 0 Å². The summed E-state index contributed by atoms with van der Waals surface area (Å²) in [6, 6.07) is 5.94. The third kappa shape index (κ3) is 4.81. The van der Waals surface area contributed by atoms with Crippen molar-refractivity contribution in [3.05, 3.63) is 35.6 Å². The van der Waals surface area contributed by atoms with E-state index in [2.05, 4.69) is 0 Å². The first-order chi connectivity index (χ1) is 8.70. The molecule has 0 bridgehead atoms. The molecule has 3 nitrogen and oxygen atoms in total. The van der Waals surface area contributed by atoms with Gasteiger partial charge in [0.15, 0.2) is 0 Å². The van der Waals surface area contributed by atoms with E-state index in [-0.39, 0.29) is 18.2 Å². The largest absolute Gasteiger partial charge is 0.393 e. The van der Waals surface area contributed by atoms with Crippen LogP contribution in [-0.2, 0) is 14.3 Å². The first kappa shape index (κ1) is 15.3. The number of ether oxygens (including phenoxy) is 1. The summed E-state index contributed by atoms with van der Waals surface area (Å²) in [7, 11) is 0. The summed E-state index contributed by atoms with van der Waals surface area (Å²) in [5, 5.41) is 0. The maximum atomic E-state index is 12.8. The zero-order valence-electron chi connectivity index (χ0n) is 11.7. The molecule has 0 radical (unpaired) electrons. The van der Waals surface area contributed by atoms with Gasteiger partial charge in [-0.2, -0.15) is 0 Å². The van der Waals surface area contributed by atoms with Crippen molar-refractivity contribution in [1.82, 2.24) is 0 Å². The van der Waals surface area contributed by atoms with Crippen LogP contribution in [-0.4, -0.2) is 11.9 Å². The molecule has 0 fully saturated rings. The van der Waals surface area contributed by atoms with Crippen LogP contribution in [0.4, 0.5) is 4.39 Å².